The molecule has 0 aliphatic heterocycles. The predicted molar refractivity (Wildman–Crippen MR) is 55.8 cm³/mol. The first kappa shape index (κ1) is 12.8. The van der Waals surface area contributed by atoms with Crippen LogP contribution in [0.25, 0.3) is 6.08 Å². The first-order valence-corrected chi connectivity index (χ1v) is 4.88. The van der Waals surface area contributed by atoms with Gasteiger partial charge in [-0.25, -0.2) is 4.79 Å². The van der Waals surface area contributed by atoms with Crippen LogP contribution in [0.15, 0.2) is 28.7 Å². The molecule has 0 aliphatic rings. The number of halogens is 4. The Labute approximate surface area is 97.5 Å². The van der Waals surface area contributed by atoms with E-state index in [9.17, 15) is 18.0 Å². The molecule has 0 bridgehead atoms. The third-order valence-corrected chi connectivity index (χ3v) is 2.41. The van der Waals surface area contributed by atoms with Crippen molar-refractivity contribution in [1.29, 1.82) is 0 Å². The Balaban J connectivity index is 3.13. The third kappa shape index (κ3) is 3.37. The van der Waals surface area contributed by atoms with Crippen molar-refractivity contribution in [3.8, 4) is 0 Å². The van der Waals surface area contributed by atoms with E-state index in [0.717, 1.165) is 18.2 Å². The summed E-state index contributed by atoms with van der Waals surface area (Å²) in [5.41, 5.74) is -0.655. The van der Waals surface area contributed by atoms with E-state index in [0.29, 0.717) is 0 Å². The van der Waals surface area contributed by atoms with Gasteiger partial charge in [0.25, 0.3) is 0 Å². The summed E-state index contributed by atoms with van der Waals surface area (Å²) in [6.07, 6.45) is -2.58. The van der Waals surface area contributed by atoms with Gasteiger partial charge in [0.1, 0.15) is 0 Å². The monoisotopic (exact) mass is 294 g/mol. The van der Waals surface area contributed by atoms with Crippen LogP contribution >= 0.6 is 15.9 Å². The minimum atomic E-state index is -4.47. The summed E-state index contributed by atoms with van der Waals surface area (Å²) >= 11 is 2.79. The maximum atomic E-state index is 12.5. The maximum Gasteiger partial charge on any atom is 0.417 e. The normalized spacial score (nSPS) is 12.0. The molecule has 0 unspecified atom stereocenters. The first-order chi connectivity index (χ1) is 7.30. The second-order valence-corrected chi connectivity index (χ2v) is 3.76. The Morgan fingerprint density at radius 3 is 2.50 bits per heavy atom. The van der Waals surface area contributed by atoms with Gasteiger partial charge in [0.05, 0.1) is 5.56 Å². The number of rotatable bonds is 2. The SMILES string of the molecule is O=C(O)/C=C/c1ccc(Br)c(C(F)(F)F)c1. The zero-order valence-electron chi connectivity index (χ0n) is 7.75. The number of aliphatic carboxylic acids is 1. The fraction of sp³-hybridized carbons (Fsp3) is 0.100. The molecule has 6 heteroatoms. The van der Waals surface area contributed by atoms with Gasteiger partial charge in [-0.2, -0.15) is 13.2 Å². The highest BCUT2D eigenvalue weighted by molar-refractivity contribution is 9.10. The molecule has 0 atom stereocenters. The summed E-state index contributed by atoms with van der Waals surface area (Å²) in [4.78, 5) is 10.2. The van der Waals surface area contributed by atoms with Crippen molar-refractivity contribution in [3.05, 3.63) is 39.9 Å². The summed E-state index contributed by atoms with van der Waals surface area (Å²) in [6, 6.07) is 3.49. The average Bonchev–Trinajstić information content (AvgIpc) is 2.14. The Bertz CT molecular complexity index is 438. The predicted octanol–water partition coefficient (Wildman–Crippen LogP) is 3.57. The molecule has 0 amide bonds. The fourth-order valence-corrected chi connectivity index (χ4v) is 1.50. The van der Waals surface area contributed by atoms with Gasteiger partial charge in [0, 0.05) is 10.5 Å². The van der Waals surface area contributed by atoms with Crippen molar-refractivity contribution in [2.24, 2.45) is 0 Å². The molecule has 1 aromatic rings. The molecule has 0 heterocycles. The van der Waals surface area contributed by atoms with Gasteiger partial charge in [-0.05, 0) is 23.8 Å². The number of carboxylic acid groups (broad SMARTS) is 1. The van der Waals surface area contributed by atoms with E-state index in [-0.39, 0.29) is 10.0 Å². The van der Waals surface area contributed by atoms with Crippen molar-refractivity contribution >= 4 is 28.0 Å². The minimum absolute atomic E-state index is 0.0764. The molecule has 1 N–H and O–H groups in total. The van der Waals surface area contributed by atoms with E-state index in [1.807, 2.05) is 0 Å². The summed E-state index contributed by atoms with van der Waals surface area (Å²) in [5, 5.41) is 8.34. The van der Waals surface area contributed by atoms with E-state index in [4.69, 9.17) is 5.11 Å². The van der Waals surface area contributed by atoms with Crippen molar-refractivity contribution in [1.82, 2.24) is 0 Å². The number of carboxylic acids is 1. The van der Waals surface area contributed by atoms with E-state index < -0.39 is 17.7 Å². The second-order valence-electron chi connectivity index (χ2n) is 2.91. The average molecular weight is 295 g/mol. The van der Waals surface area contributed by atoms with Crippen LogP contribution in [0.2, 0.25) is 0 Å². The van der Waals surface area contributed by atoms with Gasteiger partial charge in [0.15, 0.2) is 0 Å². The number of alkyl halides is 3. The van der Waals surface area contributed by atoms with Crippen LogP contribution in [0.1, 0.15) is 11.1 Å². The zero-order chi connectivity index (χ0) is 12.3. The van der Waals surface area contributed by atoms with E-state index in [1.165, 1.54) is 12.1 Å². The summed E-state index contributed by atoms with van der Waals surface area (Å²) in [5.74, 6) is -1.21. The lowest BCUT2D eigenvalue weighted by Gasteiger charge is -2.09. The van der Waals surface area contributed by atoms with Crippen molar-refractivity contribution in [2.45, 2.75) is 6.18 Å². The maximum absolute atomic E-state index is 12.5. The summed E-state index contributed by atoms with van der Waals surface area (Å²) in [6.45, 7) is 0. The van der Waals surface area contributed by atoms with Gasteiger partial charge < -0.3 is 5.11 Å². The van der Waals surface area contributed by atoms with Crippen molar-refractivity contribution < 1.29 is 23.1 Å². The van der Waals surface area contributed by atoms with Crippen LogP contribution in [0.4, 0.5) is 13.2 Å². The Kier molecular flexibility index (Phi) is 3.74. The minimum Gasteiger partial charge on any atom is -0.478 e. The quantitative estimate of drug-likeness (QED) is 0.847. The van der Waals surface area contributed by atoms with E-state index in [2.05, 4.69) is 15.9 Å². The lowest BCUT2D eigenvalue weighted by atomic mass is 10.1. The van der Waals surface area contributed by atoms with Crippen LogP contribution in [-0.4, -0.2) is 11.1 Å². The van der Waals surface area contributed by atoms with Gasteiger partial charge in [-0.1, -0.05) is 22.0 Å². The summed E-state index contributed by atoms with van der Waals surface area (Å²) < 4.78 is 37.3. The number of hydrogen-bond donors (Lipinski definition) is 1. The first-order valence-electron chi connectivity index (χ1n) is 4.08. The molecule has 0 aromatic heterocycles. The lowest BCUT2D eigenvalue weighted by molar-refractivity contribution is -0.138. The van der Waals surface area contributed by atoms with Crippen LogP contribution < -0.4 is 0 Å². The fourth-order valence-electron chi connectivity index (χ4n) is 1.03. The number of benzene rings is 1. The largest absolute Gasteiger partial charge is 0.478 e. The highest BCUT2D eigenvalue weighted by Crippen LogP contribution is 2.35. The lowest BCUT2D eigenvalue weighted by Crippen LogP contribution is -2.06. The Morgan fingerprint density at radius 1 is 1.38 bits per heavy atom. The third-order valence-electron chi connectivity index (χ3n) is 1.71. The zero-order valence-corrected chi connectivity index (χ0v) is 9.34. The van der Waals surface area contributed by atoms with E-state index >= 15 is 0 Å². The summed E-state index contributed by atoms with van der Waals surface area (Å²) in [7, 11) is 0. The van der Waals surface area contributed by atoms with Gasteiger partial charge in [-0.15, -0.1) is 0 Å². The number of carbonyl (C=O) groups is 1. The van der Waals surface area contributed by atoms with Crippen LogP contribution in [-0.2, 0) is 11.0 Å². The molecule has 0 aliphatic carbocycles. The van der Waals surface area contributed by atoms with Crippen molar-refractivity contribution in [2.75, 3.05) is 0 Å². The van der Waals surface area contributed by atoms with Gasteiger partial charge in [0.2, 0.25) is 0 Å². The molecule has 86 valence electrons. The molecule has 0 radical (unpaired) electrons. The molecule has 1 aromatic carbocycles. The van der Waals surface area contributed by atoms with E-state index in [1.54, 1.807) is 0 Å². The number of hydrogen-bond acceptors (Lipinski definition) is 1. The van der Waals surface area contributed by atoms with Gasteiger partial charge in [-0.3, -0.25) is 0 Å². The van der Waals surface area contributed by atoms with Crippen LogP contribution in [0, 0.1) is 0 Å². The molecule has 2 nitrogen and oxygen atoms in total. The Morgan fingerprint density at radius 2 is 2.00 bits per heavy atom. The van der Waals surface area contributed by atoms with Crippen molar-refractivity contribution in [3.63, 3.8) is 0 Å². The molecule has 0 fully saturated rings. The molecule has 16 heavy (non-hydrogen) atoms. The highest BCUT2D eigenvalue weighted by atomic mass is 79.9. The standard InChI is InChI=1S/C10H6BrF3O2/c11-8-3-1-6(2-4-9(15)16)5-7(8)10(12,13)14/h1-5H,(H,15,16)/b4-2+. The Hall–Kier alpha value is -1.30. The molecular formula is C10H6BrF3O2. The molecule has 0 saturated carbocycles. The molecule has 0 spiro atoms. The highest BCUT2D eigenvalue weighted by Gasteiger charge is 2.32. The van der Waals surface area contributed by atoms with Crippen LogP contribution in [0.5, 0.6) is 0 Å². The second kappa shape index (κ2) is 4.69. The van der Waals surface area contributed by atoms with Gasteiger partial charge >= 0.3 is 12.1 Å². The van der Waals surface area contributed by atoms with Crippen LogP contribution in [0.3, 0.4) is 0 Å². The smallest absolute Gasteiger partial charge is 0.417 e. The molecule has 1 rings (SSSR count). The molecule has 0 saturated heterocycles. The molecular weight excluding hydrogens is 289 g/mol. The topological polar surface area (TPSA) is 37.3 Å².